The average molecular weight is 241 g/mol. The number of hydrogen-bond acceptors (Lipinski definition) is 2. The first-order chi connectivity index (χ1) is 8.13. The van der Waals surface area contributed by atoms with Crippen molar-refractivity contribution < 1.29 is 9.90 Å². The minimum absolute atomic E-state index is 0.325. The van der Waals surface area contributed by atoms with Gasteiger partial charge in [-0.2, -0.15) is 0 Å². The standard InChI is InChI=1S/C14H27NO2/c1-3-7-13(14(16)17)15-11(2)10-12-8-5-4-6-9-12/h11-13,15H,3-10H2,1-2H3,(H,16,17)/t11-,13?/m0/s1. The third-order valence-corrected chi connectivity index (χ3v) is 3.77. The molecule has 0 saturated heterocycles. The van der Waals surface area contributed by atoms with E-state index < -0.39 is 5.97 Å². The Morgan fingerprint density at radius 3 is 2.53 bits per heavy atom. The van der Waals surface area contributed by atoms with Crippen molar-refractivity contribution in [3.63, 3.8) is 0 Å². The second-order valence-electron chi connectivity index (χ2n) is 5.49. The SMILES string of the molecule is CCCC(N[C@@H](C)CC1CCCCC1)C(=O)O. The van der Waals surface area contributed by atoms with Crippen LogP contribution in [-0.4, -0.2) is 23.2 Å². The Hall–Kier alpha value is -0.570. The summed E-state index contributed by atoms with van der Waals surface area (Å²) in [5, 5.41) is 12.4. The Balaban J connectivity index is 2.30. The predicted octanol–water partition coefficient (Wildman–Crippen LogP) is 3.19. The van der Waals surface area contributed by atoms with Crippen LogP contribution in [0.15, 0.2) is 0 Å². The van der Waals surface area contributed by atoms with Gasteiger partial charge in [0.05, 0.1) is 0 Å². The molecule has 0 aromatic carbocycles. The Labute approximate surface area is 105 Å². The maximum absolute atomic E-state index is 11.1. The van der Waals surface area contributed by atoms with Gasteiger partial charge in [0, 0.05) is 6.04 Å². The lowest BCUT2D eigenvalue weighted by molar-refractivity contribution is -0.139. The minimum Gasteiger partial charge on any atom is -0.480 e. The molecule has 1 fully saturated rings. The number of carboxylic acids is 1. The first kappa shape index (κ1) is 14.5. The Bertz CT molecular complexity index is 224. The molecule has 2 atom stereocenters. The molecule has 0 amide bonds. The molecular formula is C14H27NO2. The van der Waals surface area contributed by atoms with E-state index in [-0.39, 0.29) is 6.04 Å². The summed E-state index contributed by atoms with van der Waals surface area (Å²) in [4.78, 5) is 11.1. The van der Waals surface area contributed by atoms with Gasteiger partial charge >= 0.3 is 5.97 Å². The molecule has 0 spiro atoms. The monoisotopic (exact) mass is 241 g/mol. The molecule has 100 valence electrons. The lowest BCUT2D eigenvalue weighted by Crippen LogP contribution is -2.42. The van der Waals surface area contributed by atoms with Crippen LogP contribution in [0.3, 0.4) is 0 Å². The third-order valence-electron chi connectivity index (χ3n) is 3.77. The van der Waals surface area contributed by atoms with E-state index in [1.54, 1.807) is 0 Å². The molecule has 0 aliphatic heterocycles. The fraction of sp³-hybridized carbons (Fsp3) is 0.929. The van der Waals surface area contributed by atoms with Gasteiger partial charge < -0.3 is 10.4 Å². The first-order valence-electron chi connectivity index (χ1n) is 7.12. The van der Waals surface area contributed by atoms with Crippen LogP contribution < -0.4 is 5.32 Å². The van der Waals surface area contributed by atoms with Crippen LogP contribution in [0.1, 0.15) is 65.2 Å². The second-order valence-corrected chi connectivity index (χ2v) is 5.49. The molecule has 2 N–H and O–H groups in total. The van der Waals surface area contributed by atoms with Gasteiger partial charge in [0.1, 0.15) is 6.04 Å². The Morgan fingerprint density at radius 2 is 2.00 bits per heavy atom. The van der Waals surface area contributed by atoms with E-state index in [9.17, 15) is 4.79 Å². The molecule has 3 heteroatoms. The van der Waals surface area contributed by atoms with Crippen LogP contribution in [0, 0.1) is 5.92 Å². The van der Waals surface area contributed by atoms with Crippen LogP contribution in [-0.2, 0) is 4.79 Å². The lowest BCUT2D eigenvalue weighted by atomic mass is 9.85. The Morgan fingerprint density at radius 1 is 1.35 bits per heavy atom. The highest BCUT2D eigenvalue weighted by Gasteiger charge is 2.21. The van der Waals surface area contributed by atoms with Gasteiger partial charge in [0.2, 0.25) is 0 Å². The van der Waals surface area contributed by atoms with E-state index >= 15 is 0 Å². The van der Waals surface area contributed by atoms with Gasteiger partial charge in [-0.3, -0.25) is 4.79 Å². The van der Waals surface area contributed by atoms with Crippen LogP contribution in [0.25, 0.3) is 0 Å². The van der Waals surface area contributed by atoms with E-state index in [4.69, 9.17) is 5.11 Å². The molecule has 3 nitrogen and oxygen atoms in total. The number of carboxylic acid groups (broad SMARTS) is 1. The summed E-state index contributed by atoms with van der Waals surface area (Å²) in [6.45, 7) is 4.16. The maximum atomic E-state index is 11.1. The predicted molar refractivity (Wildman–Crippen MR) is 70.1 cm³/mol. The van der Waals surface area contributed by atoms with E-state index in [0.717, 1.165) is 25.2 Å². The van der Waals surface area contributed by atoms with Crippen molar-refractivity contribution in [1.29, 1.82) is 0 Å². The minimum atomic E-state index is -0.706. The van der Waals surface area contributed by atoms with Gasteiger partial charge in [-0.15, -0.1) is 0 Å². The number of rotatable bonds is 7. The summed E-state index contributed by atoms with van der Waals surface area (Å²) >= 11 is 0. The average Bonchev–Trinajstić information content (AvgIpc) is 2.29. The highest BCUT2D eigenvalue weighted by atomic mass is 16.4. The maximum Gasteiger partial charge on any atom is 0.320 e. The quantitative estimate of drug-likeness (QED) is 0.719. The normalized spacial score (nSPS) is 21.1. The van der Waals surface area contributed by atoms with Gasteiger partial charge in [-0.25, -0.2) is 0 Å². The molecular weight excluding hydrogens is 214 g/mol. The van der Waals surface area contributed by atoms with Crippen molar-refractivity contribution in [3.8, 4) is 0 Å². The van der Waals surface area contributed by atoms with E-state index in [0.29, 0.717) is 6.04 Å². The van der Waals surface area contributed by atoms with E-state index in [2.05, 4.69) is 12.2 Å². The smallest absolute Gasteiger partial charge is 0.320 e. The molecule has 0 bridgehead atoms. The molecule has 17 heavy (non-hydrogen) atoms. The molecule has 0 radical (unpaired) electrons. The van der Waals surface area contributed by atoms with Crippen molar-refractivity contribution in [1.82, 2.24) is 5.32 Å². The van der Waals surface area contributed by atoms with Crippen LogP contribution >= 0.6 is 0 Å². The zero-order valence-electron chi connectivity index (χ0n) is 11.2. The van der Waals surface area contributed by atoms with Crippen molar-refractivity contribution in [2.24, 2.45) is 5.92 Å². The van der Waals surface area contributed by atoms with Crippen molar-refractivity contribution >= 4 is 5.97 Å². The molecule has 1 rings (SSSR count). The molecule has 1 aliphatic carbocycles. The number of carbonyl (C=O) groups is 1. The number of nitrogens with one attached hydrogen (secondary N) is 1. The first-order valence-corrected chi connectivity index (χ1v) is 7.12. The summed E-state index contributed by atoms with van der Waals surface area (Å²) in [5.74, 6) is 0.102. The molecule has 0 aromatic heterocycles. The van der Waals surface area contributed by atoms with Gasteiger partial charge in [-0.1, -0.05) is 45.4 Å². The van der Waals surface area contributed by atoms with Crippen LogP contribution in [0.5, 0.6) is 0 Å². The zero-order chi connectivity index (χ0) is 12.7. The highest BCUT2D eigenvalue weighted by Crippen LogP contribution is 2.27. The van der Waals surface area contributed by atoms with E-state index in [1.807, 2.05) is 6.92 Å². The van der Waals surface area contributed by atoms with Gasteiger partial charge in [0.25, 0.3) is 0 Å². The number of aliphatic carboxylic acids is 1. The molecule has 0 aromatic rings. The molecule has 1 saturated carbocycles. The fourth-order valence-corrected chi connectivity index (χ4v) is 2.90. The summed E-state index contributed by atoms with van der Waals surface area (Å²) in [5.41, 5.74) is 0. The molecule has 1 unspecified atom stereocenters. The number of hydrogen-bond donors (Lipinski definition) is 2. The topological polar surface area (TPSA) is 49.3 Å². The lowest BCUT2D eigenvalue weighted by Gasteiger charge is -2.27. The molecule has 1 aliphatic rings. The summed E-state index contributed by atoms with van der Waals surface area (Å²) in [6.07, 6.45) is 9.53. The van der Waals surface area contributed by atoms with Crippen LogP contribution in [0.2, 0.25) is 0 Å². The zero-order valence-corrected chi connectivity index (χ0v) is 11.2. The van der Waals surface area contributed by atoms with E-state index in [1.165, 1.54) is 32.1 Å². The summed E-state index contributed by atoms with van der Waals surface area (Å²) < 4.78 is 0. The fourth-order valence-electron chi connectivity index (χ4n) is 2.90. The van der Waals surface area contributed by atoms with Gasteiger partial charge in [0.15, 0.2) is 0 Å². The second kappa shape index (κ2) is 7.70. The third kappa shape index (κ3) is 5.53. The van der Waals surface area contributed by atoms with Crippen LogP contribution in [0.4, 0.5) is 0 Å². The molecule has 0 heterocycles. The Kier molecular flexibility index (Phi) is 6.56. The van der Waals surface area contributed by atoms with Crippen molar-refractivity contribution in [2.75, 3.05) is 0 Å². The van der Waals surface area contributed by atoms with Crippen molar-refractivity contribution in [3.05, 3.63) is 0 Å². The largest absolute Gasteiger partial charge is 0.480 e. The summed E-state index contributed by atoms with van der Waals surface area (Å²) in [7, 11) is 0. The van der Waals surface area contributed by atoms with Crippen molar-refractivity contribution in [2.45, 2.75) is 77.3 Å². The van der Waals surface area contributed by atoms with Gasteiger partial charge in [-0.05, 0) is 25.7 Å². The summed E-state index contributed by atoms with van der Waals surface area (Å²) in [6, 6.07) is -0.0376. The highest BCUT2D eigenvalue weighted by molar-refractivity contribution is 5.73.